The van der Waals surface area contributed by atoms with Crippen molar-refractivity contribution in [1.29, 1.82) is 0 Å². The minimum atomic E-state index is -0.240. The molecule has 0 saturated heterocycles. The Morgan fingerprint density at radius 3 is 2.69 bits per heavy atom. The molecule has 0 aliphatic carbocycles. The second kappa shape index (κ2) is 6.77. The minimum absolute atomic E-state index is 0.240. The van der Waals surface area contributed by atoms with Crippen LogP contribution in [0, 0.1) is 0 Å². The highest BCUT2D eigenvalue weighted by Gasteiger charge is 2.11. The third-order valence-electron chi connectivity index (χ3n) is 4.28. The Bertz CT molecular complexity index is 1190. The molecule has 1 aromatic heterocycles. The van der Waals surface area contributed by atoms with Gasteiger partial charge in [-0.05, 0) is 42.0 Å². The first kappa shape index (κ1) is 16.5. The van der Waals surface area contributed by atoms with Crippen LogP contribution in [0.3, 0.4) is 0 Å². The summed E-state index contributed by atoms with van der Waals surface area (Å²) in [7, 11) is 1.91. The van der Waals surface area contributed by atoms with E-state index in [1.165, 1.54) is 11.3 Å². The van der Waals surface area contributed by atoms with Gasteiger partial charge in [-0.3, -0.25) is 4.79 Å². The molecule has 1 heterocycles. The molecular formula is C21H18N2O2S. The fraction of sp³-hybridized carbons (Fsp3) is 0.143. The summed E-state index contributed by atoms with van der Waals surface area (Å²) in [6, 6.07) is 19.6. The van der Waals surface area contributed by atoms with Gasteiger partial charge in [0.15, 0.2) is 4.80 Å². The zero-order valence-corrected chi connectivity index (χ0v) is 15.4. The number of para-hydroxylation sites is 1. The molecule has 4 rings (SSSR count). The molecule has 0 aliphatic heterocycles. The maximum atomic E-state index is 12.7. The van der Waals surface area contributed by atoms with Gasteiger partial charge in [-0.25, -0.2) is 0 Å². The third-order valence-corrected chi connectivity index (χ3v) is 5.38. The Morgan fingerprint density at radius 2 is 1.88 bits per heavy atom. The van der Waals surface area contributed by atoms with Crippen LogP contribution in [0.1, 0.15) is 17.3 Å². The second-order valence-corrected chi connectivity index (χ2v) is 6.97. The molecule has 0 radical (unpaired) electrons. The summed E-state index contributed by atoms with van der Waals surface area (Å²) in [6.45, 7) is 2.55. The van der Waals surface area contributed by atoms with Gasteiger partial charge in [-0.15, -0.1) is 0 Å². The molecule has 5 heteroatoms. The van der Waals surface area contributed by atoms with Crippen LogP contribution >= 0.6 is 11.3 Å². The highest BCUT2D eigenvalue weighted by Crippen LogP contribution is 2.27. The van der Waals surface area contributed by atoms with Crippen LogP contribution in [0.25, 0.3) is 21.0 Å². The van der Waals surface area contributed by atoms with Gasteiger partial charge in [0.05, 0.1) is 11.3 Å². The average molecular weight is 362 g/mol. The Kier molecular flexibility index (Phi) is 4.31. The van der Waals surface area contributed by atoms with Crippen molar-refractivity contribution in [1.82, 2.24) is 4.57 Å². The lowest BCUT2D eigenvalue weighted by Crippen LogP contribution is -2.13. The lowest BCUT2D eigenvalue weighted by Gasteiger charge is -2.05. The number of aryl methyl sites for hydroxylation is 1. The second-order valence-electron chi connectivity index (χ2n) is 5.96. The minimum Gasteiger partial charge on any atom is -0.492 e. The zero-order valence-electron chi connectivity index (χ0n) is 14.6. The largest absolute Gasteiger partial charge is 0.492 e. The molecule has 0 saturated carbocycles. The maximum Gasteiger partial charge on any atom is 0.279 e. The van der Waals surface area contributed by atoms with Crippen molar-refractivity contribution in [2.75, 3.05) is 6.61 Å². The van der Waals surface area contributed by atoms with Crippen molar-refractivity contribution >= 4 is 38.2 Å². The highest BCUT2D eigenvalue weighted by molar-refractivity contribution is 7.16. The van der Waals surface area contributed by atoms with Crippen LogP contribution in [0.4, 0.5) is 0 Å². The van der Waals surface area contributed by atoms with E-state index in [1.54, 1.807) is 0 Å². The SMILES string of the molecule is CCOc1cccc2sc(=NC(=O)c3ccc4ccccc4c3)n(C)c12. The standard InChI is InChI=1S/C21H18N2O2S/c1-3-25-17-9-6-10-18-19(17)23(2)21(26-18)22-20(24)16-12-11-14-7-4-5-8-15(14)13-16/h4-13H,3H2,1-2H3. The summed E-state index contributed by atoms with van der Waals surface area (Å²) < 4.78 is 8.68. The number of carbonyl (C=O) groups excluding carboxylic acids is 1. The topological polar surface area (TPSA) is 43.6 Å². The van der Waals surface area contributed by atoms with Crippen molar-refractivity contribution in [2.24, 2.45) is 12.0 Å². The van der Waals surface area contributed by atoms with Gasteiger partial charge in [0.2, 0.25) is 0 Å². The van der Waals surface area contributed by atoms with Crippen LogP contribution in [0.15, 0.2) is 65.7 Å². The number of thiazole rings is 1. The van der Waals surface area contributed by atoms with E-state index in [0.717, 1.165) is 26.7 Å². The quantitative estimate of drug-likeness (QED) is 0.537. The first-order chi connectivity index (χ1) is 12.7. The normalized spacial score (nSPS) is 12.0. The summed E-state index contributed by atoms with van der Waals surface area (Å²) in [4.78, 5) is 17.7. The number of benzene rings is 3. The lowest BCUT2D eigenvalue weighted by molar-refractivity contribution is 0.0998. The van der Waals surface area contributed by atoms with Crippen molar-refractivity contribution in [3.63, 3.8) is 0 Å². The predicted molar refractivity (Wildman–Crippen MR) is 106 cm³/mol. The van der Waals surface area contributed by atoms with Crippen LogP contribution < -0.4 is 9.54 Å². The Morgan fingerprint density at radius 1 is 1.08 bits per heavy atom. The summed E-state index contributed by atoms with van der Waals surface area (Å²) in [6.07, 6.45) is 0. The Balaban J connectivity index is 1.80. The van der Waals surface area contributed by atoms with Gasteiger partial charge in [-0.1, -0.05) is 47.7 Å². The van der Waals surface area contributed by atoms with Gasteiger partial charge in [0.1, 0.15) is 11.3 Å². The average Bonchev–Trinajstić information content (AvgIpc) is 2.98. The summed E-state index contributed by atoms with van der Waals surface area (Å²) >= 11 is 1.49. The van der Waals surface area contributed by atoms with E-state index >= 15 is 0 Å². The van der Waals surface area contributed by atoms with Crippen molar-refractivity contribution in [2.45, 2.75) is 6.92 Å². The van der Waals surface area contributed by atoms with Crippen molar-refractivity contribution < 1.29 is 9.53 Å². The number of amides is 1. The highest BCUT2D eigenvalue weighted by atomic mass is 32.1. The van der Waals surface area contributed by atoms with Crippen LogP contribution in [-0.4, -0.2) is 17.1 Å². The van der Waals surface area contributed by atoms with Gasteiger partial charge < -0.3 is 9.30 Å². The molecule has 130 valence electrons. The number of aromatic nitrogens is 1. The summed E-state index contributed by atoms with van der Waals surface area (Å²) in [5.74, 6) is 0.569. The van der Waals surface area contributed by atoms with E-state index in [0.29, 0.717) is 17.0 Å². The smallest absolute Gasteiger partial charge is 0.279 e. The molecule has 0 aliphatic rings. The molecule has 0 unspecified atom stereocenters. The first-order valence-corrected chi connectivity index (χ1v) is 9.28. The van der Waals surface area contributed by atoms with Crippen molar-refractivity contribution in [3.05, 3.63) is 71.0 Å². The molecule has 4 aromatic rings. The van der Waals surface area contributed by atoms with Crippen LogP contribution in [0.2, 0.25) is 0 Å². The molecular weight excluding hydrogens is 344 g/mol. The molecule has 26 heavy (non-hydrogen) atoms. The van der Waals surface area contributed by atoms with E-state index in [-0.39, 0.29) is 5.91 Å². The molecule has 0 atom stereocenters. The monoisotopic (exact) mass is 362 g/mol. The molecule has 0 bridgehead atoms. The van der Waals surface area contributed by atoms with E-state index in [4.69, 9.17) is 4.74 Å². The number of carbonyl (C=O) groups is 1. The van der Waals surface area contributed by atoms with Gasteiger partial charge in [0, 0.05) is 12.6 Å². The zero-order chi connectivity index (χ0) is 18.1. The molecule has 0 spiro atoms. The fourth-order valence-corrected chi connectivity index (χ4v) is 4.06. The predicted octanol–water partition coefficient (Wildman–Crippen LogP) is 4.53. The van der Waals surface area contributed by atoms with E-state index in [9.17, 15) is 4.79 Å². The molecule has 1 amide bonds. The number of nitrogens with zero attached hydrogens (tertiary/aromatic N) is 2. The maximum absolute atomic E-state index is 12.7. The Labute approximate surface area is 155 Å². The van der Waals surface area contributed by atoms with Crippen LogP contribution in [0.5, 0.6) is 5.75 Å². The van der Waals surface area contributed by atoms with E-state index in [2.05, 4.69) is 4.99 Å². The summed E-state index contributed by atoms with van der Waals surface area (Å²) in [5.41, 5.74) is 1.55. The molecule has 0 N–H and O–H groups in total. The first-order valence-electron chi connectivity index (χ1n) is 8.46. The molecule has 0 fully saturated rings. The number of hydrogen-bond donors (Lipinski definition) is 0. The lowest BCUT2D eigenvalue weighted by atomic mass is 10.1. The fourth-order valence-electron chi connectivity index (χ4n) is 3.02. The third kappa shape index (κ3) is 2.91. The van der Waals surface area contributed by atoms with Crippen molar-refractivity contribution in [3.8, 4) is 5.75 Å². The van der Waals surface area contributed by atoms with Gasteiger partial charge in [-0.2, -0.15) is 4.99 Å². The number of ether oxygens (including phenoxy) is 1. The van der Waals surface area contributed by atoms with Crippen LogP contribution in [-0.2, 0) is 7.05 Å². The summed E-state index contributed by atoms with van der Waals surface area (Å²) in [5, 5.41) is 2.14. The van der Waals surface area contributed by atoms with Gasteiger partial charge in [0.25, 0.3) is 5.91 Å². The molecule has 4 nitrogen and oxygen atoms in total. The number of fused-ring (bicyclic) bond motifs is 2. The van der Waals surface area contributed by atoms with E-state index in [1.807, 2.05) is 79.2 Å². The van der Waals surface area contributed by atoms with Gasteiger partial charge >= 0.3 is 0 Å². The molecule has 3 aromatic carbocycles. The number of hydrogen-bond acceptors (Lipinski definition) is 3. The number of rotatable bonds is 3. The Hall–Kier alpha value is -2.92. The van der Waals surface area contributed by atoms with E-state index < -0.39 is 0 Å².